The van der Waals surface area contributed by atoms with Crippen molar-refractivity contribution in [3.05, 3.63) is 58.9 Å². The number of benzene rings is 2. The maximum absolute atomic E-state index is 13.4. The Balaban J connectivity index is 2.40. The highest BCUT2D eigenvalue weighted by Crippen LogP contribution is 2.24. The van der Waals surface area contributed by atoms with Crippen molar-refractivity contribution in [2.75, 3.05) is 0 Å². The molecule has 0 aliphatic rings. The van der Waals surface area contributed by atoms with E-state index in [9.17, 15) is 9.18 Å². The van der Waals surface area contributed by atoms with E-state index >= 15 is 0 Å². The first-order valence-electron chi connectivity index (χ1n) is 5.32. The van der Waals surface area contributed by atoms with Crippen LogP contribution in [0.5, 0.6) is 0 Å². The van der Waals surface area contributed by atoms with Gasteiger partial charge < -0.3 is 5.11 Å². The van der Waals surface area contributed by atoms with Crippen molar-refractivity contribution in [1.29, 1.82) is 0 Å². The smallest absolute Gasteiger partial charge is 0.307 e. The molecule has 2 aromatic carbocycles. The summed E-state index contributed by atoms with van der Waals surface area (Å²) in [6.45, 7) is 0. The molecule has 0 aliphatic carbocycles. The standard InChI is InChI=1S/C14H10ClFO2/c15-12-4-1-9(2-5-12)10-3-6-13(16)11(7-10)8-14(17)18/h1-7H,8H2,(H,17,18). The van der Waals surface area contributed by atoms with Gasteiger partial charge in [0.1, 0.15) is 5.82 Å². The van der Waals surface area contributed by atoms with Crippen molar-refractivity contribution in [1.82, 2.24) is 0 Å². The third-order valence-corrected chi connectivity index (χ3v) is 2.82. The van der Waals surface area contributed by atoms with Gasteiger partial charge in [0.05, 0.1) is 6.42 Å². The van der Waals surface area contributed by atoms with E-state index in [1.807, 2.05) is 0 Å². The normalized spacial score (nSPS) is 10.3. The summed E-state index contributed by atoms with van der Waals surface area (Å²) in [5, 5.41) is 9.32. The fourth-order valence-corrected chi connectivity index (χ4v) is 1.82. The molecule has 1 N–H and O–H groups in total. The van der Waals surface area contributed by atoms with Crippen LogP contribution in [0.3, 0.4) is 0 Å². The van der Waals surface area contributed by atoms with Gasteiger partial charge in [0.15, 0.2) is 0 Å². The van der Waals surface area contributed by atoms with Crippen LogP contribution in [0, 0.1) is 5.82 Å². The van der Waals surface area contributed by atoms with Gasteiger partial charge in [-0.2, -0.15) is 0 Å². The Kier molecular flexibility index (Phi) is 3.63. The fourth-order valence-electron chi connectivity index (χ4n) is 1.70. The summed E-state index contributed by atoms with van der Waals surface area (Å²) in [7, 11) is 0. The largest absolute Gasteiger partial charge is 0.481 e. The minimum atomic E-state index is -1.05. The van der Waals surface area contributed by atoms with Crippen LogP contribution in [0.15, 0.2) is 42.5 Å². The summed E-state index contributed by atoms with van der Waals surface area (Å²) in [5.74, 6) is -1.56. The molecule has 92 valence electrons. The molecule has 2 nitrogen and oxygen atoms in total. The predicted octanol–water partition coefficient (Wildman–Crippen LogP) is 3.77. The summed E-state index contributed by atoms with van der Waals surface area (Å²) >= 11 is 5.79. The number of hydrogen-bond donors (Lipinski definition) is 1. The topological polar surface area (TPSA) is 37.3 Å². The number of rotatable bonds is 3. The first kappa shape index (κ1) is 12.6. The van der Waals surface area contributed by atoms with E-state index in [1.165, 1.54) is 6.07 Å². The quantitative estimate of drug-likeness (QED) is 0.916. The number of aliphatic carboxylic acids is 1. The van der Waals surface area contributed by atoms with Crippen LogP contribution in [-0.2, 0) is 11.2 Å². The first-order chi connectivity index (χ1) is 8.56. The zero-order chi connectivity index (χ0) is 13.1. The molecule has 0 unspecified atom stereocenters. The van der Waals surface area contributed by atoms with Crippen molar-refractivity contribution < 1.29 is 14.3 Å². The average molecular weight is 265 g/mol. The number of carbonyl (C=O) groups is 1. The average Bonchev–Trinajstić information content (AvgIpc) is 2.32. The van der Waals surface area contributed by atoms with Crippen molar-refractivity contribution in [3.8, 4) is 11.1 Å². The highest BCUT2D eigenvalue weighted by Gasteiger charge is 2.08. The molecule has 0 radical (unpaired) electrons. The van der Waals surface area contributed by atoms with Crippen LogP contribution >= 0.6 is 11.6 Å². The summed E-state index contributed by atoms with van der Waals surface area (Å²) < 4.78 is 13.4. The van der Waals surface area contributed by atoms with Gasteiger partial charge in [-0.05, 0) is 41.0 Å². The molecular weight excluding hydrogens is 255 g/mol. The van der Waals surface area contributed by atoms with Gasteiger partial charge in [-0.3, -0.25) is 4.79 Å². The third-order valence-electron chi connectivity index (χ3n) is 2.56. The van der Waals surface area contributed by atoms with E-state index in [0.717, 1.165) is 11.1 Å². The second kappa shape index (κ2) is 5.19. The molecule has 4 heteroatoms. The molecule has 0 spiro atoms. The molecule has 0 atom stereocenters. The van der Waals surface area contributed by atoms with Gasteiger partial charge in [-0.1, -0.05) is 29.8 Å². The molecule has 2 rings (SSSR count). The zero-order valence-electron chi connectivity index (χ0n) is 9.36. The Bertz CT molecular complexity index is 579. The van der Waals surface area contributed by atoms with E-state index < -0.39 is 11.8 Å². The molecule has 0 saturated carbocycles. The zero-order valence-corrected chi connectivity index (χ0v) is 10.1. The van der Waals surface area contributed by atoms with Crippen molar-refractivity contribution >= 4 is 17.6 Å². The van der Waals surface area contributed by atoms with E-state index in [0.29, 0.717) is 5.02 Å². The summed E-state index contributed by atoms with van der Waals surface area (Å²) in [5.41, 5.74) is 1.81. The van der Waals surface area contributed by atoms with Gasteiger partial charge in [0, 0.05) is 5.02 Å². The highest BCUT2D eigenvalue weighted by molar-refractivity contribution is 6.30. The van der Waals surface area contributed by atoms with E-state index in [-0.39, 0.29) is 12.0 Å². The second-order valence-corrected chi connectivity index (χ2v) is 4.32. The molecule has 2 aromatic rings. The number of carboxylic acids is 1. The molecule has 0 heterocycles. The third kappa shape index (κ3) is 2.87. The van der Waals surface area contributed by atoms with E-state index in [4.69, 9.17) is 16.7 Å². The Labute approximate surface area is 109 Å². The van der Waals surface area contributed by atoms with Crippen molar-refractivity contribution in [2.45, 2.75) is 6.42 Å². The Hall–Kier alpha value is -1.87. The lowest BCUT2D eigenvalue weighted by Crippen LogP contribution is -2.02. The Morgan fingerprint density at radius 2 is 1.72 bits per heavy atom. The Morgan fingerprint density at radius 1 is 1.11 bits per heavy atom. The lowest BCUT2D eigenvalue weighted by molar-refractivity contribution is -0.136. The second-order valence-electron chi connectivity index (χ2n) is 3.88. The van der Waals surface area contributed by atoms with Crippen LogP contribution < -0.4 is 0 Å². The lowest BCUT2D eigenvalue weighted by Gasteiger charge is -2.05. The molecule has 0 aromatic heterocycles. The number of hydrogen-bond acceptors (Lipinski definition) is 1. The first-order valence-corrected chi connectivity index (χ1v) is 5.70. The lowest BCUT2D eigenvalue weighted by atomic mass is 10.0. The molecule has 0 amide bonds. The van der Waals surface area contributed by atoms with Crippen LogP contribution in [0.2, 0.25) is 5.02 Å². The van der Waals surface area contributed by atoms with Crippen molar-refractivity contribution in [2.24, 2.45) is 0 Å². The molecular formula is C14H10ClFO2. The molecule has 0 saturated heterocycles. The van der Waals surface area contributed by atoms with Crippen LogP contribution in [-0.4, -0.2) is 11.1 Å². The minimum absolute atomic E-state index is 0.176. The molecule has 0 fully saturated rings. The molecule has 0 bridgehead atoms. The van der Waals surface area contributed by atoms with Gasteiger partial charge in [-0.25, -0.2) is 4.39 Å². The Morgan fingerprint density at radius 3 is 2.33 bits per heavy atom. The van der Waals surface area contributed by atoms with Crippen LogP contribution in [0.1, 0.15) is 5.56 Å². The maximum atomic E-state index is 13.4. The minimum Gasteiger partial charge on any atom is -0.481 e. The van der Waals surface area contributed by atoms with Crippen LogP contribution in [0.25, 0.3) is 11.1 Å². The van der Waals surface area contributed by atoms with Gasteiger partial charge in [-0.15, -0.1) is 0 Å². The van der Waals surface area contributed by atoms with Gasteiger partial charge in [0.2, 0.25) is 0 Å². The maximum Gasteiger partial charge on any atom is 0.307 e. The molecule has 18 heavy (non-hydrogen) atoms. The van der Waals surface area contributed by atoms with E-state index in [1.54, 1.807) is 36.4 Å². The monoisotopic (exact) mass is 264 g/mol. The summed E-state index contributed by atoms with van der Waals surface area (Å²) in [6.07, 6.45) is -0.326. The number of halogens is 2. The summed E-state index contributed by atoms with van der Waals surface area (Å²) in [6, 6.07) is 11.5. The van der Waals surface area contributed by atoms with Crippen molar-refractivity contribution in [3.63, 3.8) is 0 Å². The summed E-state index contributed by atoms with van der Waals surface area (Å²) in [4.78, 5) is 10.6. The van der Waals surface area contributed by atoms with Crippen LogP contribution in [0.4, 0.5) is 4.39 Å². The van der Waals surface area contributed by atoms with Gasteiger partial charge in [0.25, 0.3) is 0 Å². The SMILES string of the molecule is O=C(O)Cc1cc(-c2ccc(Cl)cc2)ccc1F. The highest BCUT2D eigenvalue weighted by atomic mass is 35.5. The van der Waals surface area contributed by atoms with E-state index in [2.05, 4.69) is 0 Å². The number of carboxylic acid groups (broad SMARTS) is 1. The fraction of sp³-hybridized carbons (Fsp3) is 0.0714. The molecule has 0 aliphatic heterocycles. The van der Waals surface area contributed by atoms with Gasteiger partial charge >= 0.3 is 5.97 Å². The predicted molar refractivity (Wildman–Crippen MR) is 68.2 cm³/mol.